The van der Waals surface area contributed by atoms with E-state index in [4.69, 9.17) is 9.97 Å². The van der Waals surface area contributed by atoms with E-state index in [0.29, 0.717) is 0 Å². The van der Waals surface area contributed by atoms with Crippen LogP contribution in [0.25, 0.3) is 10.2 Å². The second kappa shape index (κ2) is 7.55. The summed E-state index contributed by atoms with van der Waals surface area (Å²) in [7, 11) is 0. The van der Waals surface area contributed by atoms with Crippen LogP contribution < -0.4 is 5.32 Å². The number of nitrogens with one attached hydrogen (secondary N) is 1. The zero-order valence-corrected chi connectivity index (χ0v) is 13.5. The van der Waals surface area contributed by atoms with Crippen molar-refractivity contribution in [2.24, 2.45) is 0 Å². The van der Waals surface area contributed by atoms with E-state index in [1.54, 1.807) is 11.3 Å². The van der Waals surface area contributed by atoms with Crippen LogP contribution in [0.4, 0.5) is 5.82 Å². The Morgan fingerprint density at radius 3 is 2.55 bits per heavy atom. The molecule has 0 radical (unpaired) electrons. The standard InChI is InChI=1S/C15H24N4S/c1-4-8-19(9-5-2)11-13-17-14(16-6-3)12-7-10-20-15(12)18-13/h7,10H,4-6,8-9,11H2,1-3H3,(H,16,17,18). The van der Waals surface area contributed by atoms with E-state index in [2.05, 4.69) is 42.4 Å². The molecule has 0 unspecified atom stereocenters. The lowest BCUT2D eigenvalue weighted by atomic mass is 10.3. The van der Waals surface area contributed by atoms with Crippen LogP contribution in [0.3, 0.4) is 0 Å². The number of hydrogen-bond donors (Lipinski definition) is 1. The maximum absolute atomic E-state index is 4.71. The van der Waals surface area contributed by atoms with Crippen molar-refractivity contribution in [3.05, 3.63) is 17.3 Å². The fourth-order valence-corrected chi connectivity index (χ4v) is 3.16. The van der Waals surface area contributed by atoms with Gasteiger partial charge in [-0.2, -0.15) is 0 Å². The predicted molar refractivity (Wildman–Crippen MR) is 87.4 cm³/mol. The number of hydrogen-bond acceptors (Lipinski definition) is 5. The largest absolute Gasteiger partial charge is 0.370 e. The van der Waals surface area contributed by atoms with Crippen molar-refractivity contribution >= 4 is 27.4 Å². The molecule has 5 heteroatoms. The van der Waals surface area contributed by atoms with Crippen LogP contribution in [0.2, 0.25) is 0 Å². The second-order valence-electron chi connectivity index (χ2n) is 4.93. The van der Waals surface area contributed by atoms with Crippen molar-refractivity contribution in [2.75, 3.05) is 25.0 Å². The molecule has 0 aromatic carbocycles. The summed E-state index contributed by atoms with van der Waals surface area (Å²) in [5, 5.41) is 6.57. The molecule has 2 heterocycles. The zero-order chi connectivity index (χ0) is 14.4. The number of fused-ring (bicyclic) bond motifs is 1. The van der Waals surface area contributed by atoms with Gasteiger partial charge in [-0.25, -0.2) is 9.97 Å². The normalized spacial score (nSPS) is 11.4. The zero-order valence-electron chi connectivity index (χ0n) is 12.6. The van der Waals surface area contributed by atoms with Gasteiger partial charge >= 0.3 is 0 Å². The molecule has 0 saturated heterocycles. The number of anilines is 1. The first-order chi connectivity index (χ1) is 9.78. The Morgan fingerprint density at radius 2 is 1.90 bits per heavy atom. The Labute approximate surface area is 125 Å². The summed E-state index contributed by atoms with van der Waals surface area (Å²) < 4.78 is 0. The molecule has 2 rings (SSSR count). The number of aromatic nitrogens is 2. The Bertz CT molecular complexity index is 532. The van der Waals surface area contributed by atoms with E-state index < -0.39 is 0 Å². The van der Waals surface area contributed by atoms with Crippen LogP contribution in [0, 0.1) is 0 Å². The average molecular weight is 292 g/mol. The first kappa shape index (κ1) is 15.2. The molecule has 0 aliphatic rings. The lowest BCUT2D eigenvalue weighted by Crippen LogP contribution is -2.26. The van der Waals surface area contributed by atoms with Gasteiger partial charge in [-0.1, -0.05) is 13.8 Å². The van der Waals surface area contributed by atoms with Crippen molar-refractivity contribution in [3.8, 4) is 0 Å². The minimum absolute atomic E-state index is 0.841. The van der Waals surface area contributed by atoms with Gasteiger partial charge in [0.1, 0.15) is 16.5 Å². The van der Waals surface area contributed by atoms with E-state index in [9.17, 15) is 0 Å². The van der Waals surface area contributed by atoms with Crippen LogP contribution >= 0.6 is 11.3 Å². The topological polar surface area (TPSA) is 41.1 Å². The quantitative estimate of drug-likeness (QED) is 0.804. The lowest BCUT2D eigenvalue weighted by Gasteiger charge is -2.20. The van der Waals surface area contributed by atoms with Crippen LogP contribution in [0.1, 0.15) is 39.4 Å². The Balaban J connectivity index is 2.24. The number of nitrogens with zero attached hydrogens (tertiary/aromatic N) is 3. The number of rotatable bonds is 8. The third kappa shape index (κ3) is 3.67. The van der Waals surface area contributed by atoms with Crippen molar-refractivity contribution in [1.82, 2.24) is 14.9 Å². The van der Waals surface area contributed by atoms with Crippen LogP contribution in [0.15, 0.2) is 11.4 Å². The van der Waals surface area contributed by atoms with Gasteiger partial charge in [-0.15, -0.1) is 11.3 Å². The molecule has 0 spiro atoms. The van der Waals surface area contributed by atoms with E-state index in [0.717, 1.165) is 48.0 Å². The molecule has 0 saturated carbocycles. The summed E-state index contributed by atoms with van der Waals surface area (Å²) in [5.74, 6) is 1.90. The fourth-order valence-electron chi connectivity index (χ4n) is 2.37. The molecule has 0 aliphatic carbocycles. The van der Waals surface area contributed by atoms with Crippen LogP contribution in [-0.2, 0) is 6.54 Å². The highest BCUT2D eigenvalue weighted by atomic mass is 32.1. The second-order valence-corrected chi connectivity index (χ2v) is 5.83. The van der Waals surface area contributed by atoms with Gasteiger partial charge in [0.15, 0.2) is 0 Å². The number of thiophene rings is 1. The van der Waals surface area contributed by atoms with Crippen LogP contribution in [0.5, 0.6) is 0 Å². The first-order valence-corrected chi connectivity index (χ1v) is 8.36. The molecule has 20 heavy (non-hydrogen) atoms. The SMILES string of the molecule is CCCN(CCC)Cc1nc(NCC)c2ccsc2n1. The van der Waals surface area contributed by atoms with Gasteiger partial charge in [0.05, 0.1) is 11.9 Å². The molecule has 0 aliphatic heterocycles. The molecule has 4 nitrogen and oxygen atoms in total. The Kier molecular flexibility index (Phi) is 5.73. The third-order valence-corrected chi connectivity index (χ3v) is 3.97. The summed E-state index contributed by atoms with van der Waals surface area (Å²) >= 11 is 1.69. The summed E-state index contributed by atoms with van der Waals surface area (Å²) in [6, 6.07) is 2.09. The average Bonchev–Trinajstić information content (AvgIpc) is 2.88. The van der Waals surface area contributed by atoms with Crippen LogP contribution in [-0.4, -0.2) is 34.5 Å². The Hall–Kier alpha value is -1.20. The fraction of sp³-hybridized carbons (Fsp3) is 0.600. The predicted octanol–water partition coefficient (Wildman–Crippen LogP) is 3.75. The van der Waals surface area contributed by atoms with Gasteiger partial charge in [0.25, 0.3) is 0 Å². The highest BCUT2D eigenvalue weighted by molar-refractivity contribution is 7.16. The molecule has 2 aromatic rings. The molecule has 0 amide bonds. The highest BCUT2D eigenvalue weighted by Crippen LogP contribution is 2.25. The lowest BCUT2D eigenvalue weighted by molar-refractivity contribution is 0.260. The van der Waals surface area contributed by atoms with Crippen molar-refractivity contribution in [3.63, 3.8) is 0 Å². The molecule has 0 atom stereocenters. The monoisotopic (exact) mass is 292 g/mol. The highest BCUT2D eigenvalue weighted by Gasteiger charge is 2.11. The van der Waals surface area contributed by atoms with Gasteiger partial charge in [0.2, 0.25) is 0 Å². The van der Waals surface area contributed by atoms with E-state index in [1.807, 2.05) is 0 Å². The van der Waals surface area contributed by atoms with Gasteiger partial charge in [-0.05, 0) is 44.3 Å². The molecule has 110 valence electrons. The Morgan fingerprint density at radius 1 is 1.15 bits per heavy atom. The molecule has 0 fully saturated rings. The van der Waals surface area contributed by atoms with Crippen molar-refractivity contribution in [1.29, 1.82) is 0 Å². The van der Waals surface area contributed by atoms with Gasteiger partial charge < -0.3 is 5.32 Å². The summed E-state index contributed by atoms with van der Waals surface area (Å²) in [6.07, 6.45) is 2.34. The molecular formula is C15H24N4S. The first-order valence-electron chi connectivity index (χ1n) is 7.48. The van der Waals surface area contributed by atoms with Crippen molar-refractivity contribution in [2.45, 2.75) is 40.2 Å². The summed E-state index contributed by atoms with van der Waals surface area (Å²) in [5.41, 5.74) is 0. The summed E-state index contributed by atoms with van der Waals surface area (Å²) in [4.78, 5) is 12.9. The van der Waals surface area contributed by atoms with Crippen molar-refractivity contribution < 1.29 is 0 Å². The van der Waals surface area contributed by atoms with E-state index >= 15 is 0 Å². The van der Waals surface area contributed by atoms with Gasteiger partial charge in [-0.3, -0.25) is 4.90 Å². The summed E-state index contributed by atoms with van der Waals surface area (Å²) in [6.45, 7) is 10.5. The molecule has 2 aromatic heterocycles. The maximum atomic E-state index is 4.71. The van der Waals surface area contributed by atoms with E-state index in [1.165, 1.54) is 12.8 Å². The van der Waals surface area contributed by atoms with Gasteiger partial charge in [0, 0.05) is 6.54 Å². The molecule has 0 bridgehead atoms. The smallest absolute Gasteiger partial charge is 0.146 e. The third-order valence-electron chi connectivity index (χ3n) is 3.16. The maximum Gasteiger partial charge on any atom is 0.146 e. The van der Waals surface area contributed by atoms with E-state index in [-0.39, 0.29) is 0 Å². The molecular weight excluding hydrogens is 268 g/mol. The molecule has 1 N–H and O–H groups in total. The minimum atomic E-state index is 0.841. The minimum Gasteiger partial charge on any atom is -0.370 e.